The minimum Gasteiger partial charge on any atom is -0.497 e. The van der Waals surface area contributed by atoms with Crippen LogP contribution in [-0.4, -0.2) is 49.2 Å². The molecule has 11 nitrogen and oxygen atoms in total. The van der Waals surface area contributed by atoms with E-state index >= 15 is 0 Å². The molecule has 1 aromatic carbocycles. The van der Waals surface area contributed by atoms with Crippen LogP contribution in [0.15, 0.2) is 46.1 Å². The molecule has 0 radical (unpaired) electrons. The van der Waals surface area contributed by atoms with Crippen molar-refractivity contribution in [1.82, 2.24) is 19.9 Å². The van der Waals surface area contributed by atoms with Crippen LogP contribution in [0.25, 0.3) is 11.0 Å². The molecule has 172 valence electrons. The molecule has 4 aromatic rings. The lowest BCUT2D eigenvalue weighted by atomic mass is 10.1. The summed E-state index contributed by atoms with van der Waals surface area (Å²) in [5.74, 6) is 0.881. The van der Waals surface area contributed by atoms with Crippen molar-refractivity contribution < 1.29 is 27.2 Å². The first-order valence-corrected chi connectivity index (χ1v) is 11.6. The minimum absolute atomic E-state index is 0.0325. The molecule has 3 aromatic heterocycles. The summed E-state index contributed by atoms with van der Waals surface area (Å²) in [5.41, 5.74) is 1.71. The molecule has 33 heavy (non-hydrogen) atoms. The summed E-state index contributed by atoms with van der Waals surface area (Å²) in [6, 6.07) is 6.68. The van der Waals surface area contributed by atoms with Crippen LogP contribution in [0, 0.1) is 0 Å². The van der Waals surface area contributed by atoms with Gasteiger partial charge < -0.3 is 18.7 Å². The molecule has 0 spiro atoms. The van der Waals surface area contributed by atoms with Gasteiger partial charge in [0.05, 0.1) is 33.1 Å². The average molecular weight is 471 g/mol. The summed E-state index contributed by atoms with van der Waals surface area (Å²) in [6.45, 7) is 0.819. The molecule has 1 aliphatic rings. The van der Waals surface area contributed by atoms with Gasteiger partial charge in [-0.25, -0.2) is 13.4 Å². The zero-order chi connectivity index (χ0) is 23.0. The molecule has 1 aliphatic heterocycles. The number of hydrogen-bond acceptors (Lipinski definition) is 9. The summed E-state index contributed by atoms with van der Waals surface area (Å²) in [7, 11) is -1.17. The number of nitrogens with zero attached hydrogens (tertiary/aromatic N) is 4. The van der Waals surface area contributed by atoms with Gasteiger partial charge in [-0.3, -0.25) is 9.40 Å². The van der Waals surface area contributed by atoms with Crippen LogP contribution in [0.4, 0.5) is 5.82 Å². The molecular formula is C21H21N5O6S. The van der Waals surface area contributed by atoms with Crippen LogP contribution in [0.3, 0.4) is 0 Å². The SMILES string of the molecule is COc1cc2c(c(S(=O)(=O)Nc3noc4cc(Cn5cccn5)nc(OC)c34)c1)OCCC2. The molecule has 0 aliphatic carbocycles. The van der Waals surface area contributed by atoms with Gasteiger partial charge in [-0.1, -0.05) is 5.16 Å². The Bertz CT molecular complexity index is 1410. The monoisotopic (exact) mass is 471 g/mol. The number of hydrogen-bond donors (Lipinski definition) is 1. The van der Waals surface area contributed by atoms with Crippen molar-refractivity contribution in [3.8, 4) is 17.4 Å². The number of fused-ring (bicyclic) bond motifs is 2. The van der Waals surface area contributed by atoms with E-state index in [1.807, 2.05) is 0 Å². The number of pyridine rings is 1. The Labute approximate surface area is 189 Å². The highest BCUT2D eigenvalue weighted by Crippen LogP contribution is 2.38. The Morgan fingerprint density at radius 3 is 2.85 bits per heavy atom. The van der Waals surface area contributed by atoms with Crippen LogP contribution in [0.1, 0.15) is 17.7 Å². The van der Waals surface area contributed by atoms with E-state index in [4.69, 9.17) is 18.7 Å². The molecule has 0 fully saturated rings. The van der Waals surface area contributed by atoms with Crippen molar-refractivity contribution in [2.24, 2.45) is 0 Å². The van der Waals surface area contributed by atoms with Crippen molar-refractivity contribution in [3.63, 3.8) is 0 Å². The fourth-order valence-corrected chi connectivity index (χ4v) is 4.96. The van der Waals surface area contributed by atoms with E-state index in [1.54, 1.807) is 35.3 Å². The number of methoxy groups -OCH3 is 2. The van der Waals surface area contributed by atoms with Gasteiger partial charge in [-0.2, -0.15) is 5.10 Å². The van der Waals surface area contributed by atoms with Crippen LogP contribution >= 0.6 is 0 Å². The van der Waals surface area contributed by atoms with E-state index in [0.717, 1.165) is 12.0 Å². The summed E-state index contributed by atoms with van der Waals surface area (Å²) in [6.07, 6.45) is 4.96. The Balaban J connectivity index is 1.54. The number of benzene rings is 1. The second kappa shape index (κ2) is 8.28. The van der Waals surface area contributed by atoms with Crippen molar-refractivity contribution in [2.45, 2.75) is 24.3 Å². The predicted molar refractivity (Wildman–Crippen MR) is 117 cm³/mol. The van der Waals surface area contributed by atoms with Gasteiger partial charge in [0, 0.05) is 24.5 Å². The van der Waals surface area contributed by atoms with Crippen molar-refractivity contribution >= 4 is 26.8 Å². The Morgan fingerprint density at radius 2 is 2.09 bits per heavy atom. The van der Waals surface area contributed by atoms with E-state index in [1.165, 1.54) is 20.3 Å². The van der Waals surface area contributed by atoms with Gasteiger partial charge in [0.25, 0.3) is 10.0 Å². The van der Waals surface area contributed by atoms with Crippen molar-refractivity contribution in [1.29, 1.82) is 0 Å². The summed E-state index contributed by atoms with van der Waals surface area (Å²) >= 11 is 0. The third-order valence-electron chi connectivity index (χ3n) is 5.25. The van der Waals surface area contributed by atoms with Crippen molar-refractivity contribution in [3.05, 3.63) is 47.9 Å². The van der Waals surface area contributed by atoms with Gasteiger partial charge >= 0.3 is 0 Å². The molecule has 1 N–H and O–H groups in total. The fraction of sp³-hybridized carbons (Fsp3) is 0.286. The first-order valence-electron chi connectivity index (χ1n) is 10.2. The summed E-state index contributed by atoms with van der Waals surface area (Å²) in [4.78, 5) is 4.43. The van der Waals surface area contributed by atoms with E-state index in [-0.39, 0.29) is 16.6 Å². The van der Waals surface area contributed by atoms with Gasteiger partial charge in [0.15, 0.2) is 11.4 Å². The van der Waals surface area contributed by atoms with Gasteiger partial charge in [-0.15, -0.1) is 0 Å². The molecule has 0 bridgehead atoms. The maximum absolute atomic E-state index is 13.4. The molecule has 0 atom stereocenters. The normalized spacial score (nSPS) is 13.4. The van der Waals surface area contributed by atoms with E-state index in [0.29, 0.717) is 47.7 Å². The number of aromatic nitrogens is 4. The average Bonchev–Trinajstić information content (AvgIpc) is 3.47. The van der Waals surface area contributed by atoms with Crippen LogP contribution in [0.5, 0.6) is 17.4 Å². The first kappa shape index (κ1) is 21.1. The number of aryl methyl sites for hydroxylation is 1. The van der Waals surface area contributed by atoms with Gasteiger partial charge in [0.2, 0.25) is 5.88 Å². The predicted octanol–water partition coefficient (Wildman–Crippen LogP) is 2.61. The van der Waals surface area contributed by atoms with Gasteiger partial charge in [-0.05, 0) is 30.5 Å². The molecule has 4 heterocycles. The topological polar surface area (TPSA) is 131 Å². The zero-order valence-corrected chi connectivity index (χ0v) is 18.8. The summed E-state index contributed by atoms with van der Waals surface area (Å²) < 4.78 is 52.7. The highest BCUT2D eigenvalue weighted by atomic mass is 32.2. The number of anilines is 1. The van der Waals surface area contributed by atoms with Crippen LogP contribution < -0.4 is 18.9 Å². The lowest BCUT2D eigenvalue weighted by Crippen LogP contribution is -2.18. The minimum atomic E-state index is -4.10. The Hall–Kier alpha value is -3.80. The first-order chi connectivity index (χ1) is 16.0. The highest BCUT2D eigenvalue weighted by Gasteiger charge is 2.28. The highest BCUT2D eigenvalue weighted by molar-refractivity contribution is 7.92. The van der Waals surface area contributed by atoms with Crippen LogP contribution in [-0.2, 0) is 23.0 Å². The lowest BCUT2D eigenvalue weighted by molar-refractivity contribution is 0.279. The van der Waals surface area contributed by atoms with E-state index in [2.05, 4.69) is 20.0 Å². The lowest BCUT2D eigenvalue weighted by Gasteiger charge is -2.21. The molecule has 5 rings (SSSR count). The molecule has 0 unspecified atom stereocenters. The largest absolute Gasteiger partial charge is 0.497 e. The fourth-order valence-electron chi connectivity index (χ4n) is 3.75. The number of rotatable bonds is 7. The third kappa shape index (κ3) is 3.93. The molecule has 0 saturated carbocycles. The molecule has 12 heteroatoms. The number of ether oxygens (including phenoxy) is 3. The van der Waals surface area contributed by atoms with Crippen LogP contribution in [0.2, 0.25) is 0 Å². The molecular weight excluding hydrogens is 450 g/mol. The van der Waals surface area contributed by atoms with E-state index in [9.17, 15) is 8.42 Å². The molecule has 0 amide bonds. The Kier molecular flexibility index (Phi) is 5.29. The maximum Gasteiger partial charge on any atom is 0.267 e. The second-order valence-electron chi connectivity index (χ2n) is 7.40. The van der Waals surface area contributed by atoms with Crippen molar-refractivity contribution in [2.75, 3.05) is 25.5 Å². The quantitative estimate of drug-likeness (QED) is 0.432. The second-order valence-corrected chi connectivity index (χ2v) is 9.05. The number of nitrogens with one attached hydrogen (secondary N) is 1. The Morgan fingerprint density at radius 1 is 1.21 bits per heavy atom. The standard InChI is InChI=1S/C21H21N5O6S/c1-29-15-9-13-5-3-8-31-19(13)17(11-15)33(27,28)25-20-18-16(32-24-20)10-14(23-21(18)30-2)12-26-7-4-6-22-26/h4,6-7,9-11H,3,5,8,12H2,1-2H3,(H,24,25). The molecule has 0 saturated heterocycles. The zero-order valence-electron chi connectivity index (χ0n) is 17.9. The van der Waals surface area contributed by atoms with Gasteiger partial charge in [0.1, 0.15) is 21.8 Å². The third-order valence-corrected chi connectivity index (χ3v) is 6.59. The smallest absolute Gasteiger partial charge is 0.267 e. The van der Waals surface area contributed by atoms with E-state index < -0.39 is 10.0 Å². The summed E-state index contributed by atoms with van der Waals surface area (Å²) in [5, 5.41) is 8.40. The maximum atomic E-state index is 13.4. The number of sulfonamides is 1.